The van der Waals surface area contributed by atoms with Gasteiger partial charge in [-0.2, -0.15) is 0 Å². The fraction of sp³-hybridized carbons (Fsp3) is 0.533. The van der Waals surface area contributed by atoms with E-state index in [0.717, 1.165) is 0 Å². The smallest absolute Gasteiger partial charge is 0.240 e. The van der Waals surface area contributed by atoms with Crippen molar-refractivity contribution in [1.29, 1.82) is 0 Å². The number of ether oxygens (including phenoxy) is 2. The van der Waals surface area contributed by atoms with Crippen LogP contribution in [0.4, 0.5) is 0 Å². The topological polar surface area (TPSA) is 106 Å². The molecule has 1 aromatic rings. The van der Waals surface area contributed by atoms with Crippen molar-refractivity contribution in [2.75, 3.05) is 34.4 Å². The first-order valence-corrected chi connectivity index (χ1v) is 8.98. The molecule has 0 aromatic heterocycles. The van der Waals surface area contributed by atoms with E-state index in [1.165, 1.54) is 32.4 Å². The molecule has 0 saturated carbocycles. The maximum Gasteiger partial charge on any atom is 0.240 e. The van der Waals surface area contributed by atoms with Gasteiger partial charge in [0.2, 0.25) is 15.9 Å². The van der Waals surface area contributed by atoms with Gasteiger partial charge in [-0.25, -0.2) is 13.1 Å². The van der Waals surface area contributed by atoms with E-state index in [-0.39, 0.29) is 42.2 Å². The van der Waals surface area contributed by atoms with Gasteiger partial charge in [-0.05, 0) is 26.1 Å². The lowest BCUT2D eigenvalue weighted by Crippen LogP contribution is -2.38. The van der Waals surface area contributed by atoms with Crippen LogP contribution >= 0.6 is 12.4 Å². The van der Waals surface area contributed by atoms with Crippen LogP contribution in [0.5, 0.6) is 11.5 Å². The van der Waals surface area contributed by atoms with E-state index < -0.39 is 10.0 Å². The zero-order valence-corrected chi connectivity index (χ0v) is 16.4. The minimum atomic E-state index is -3.73. The summed E-state index contributed by atoms with van der Waals surface area (Å²) in [5.41, 5.74) is 0. The average Bonchev–Trinajstić information content (AvgIpc) is 2.58. The molecule has 0 saturated heterocycles. The number of amides is 1. The Kier molecular flexibility index (Phi) is 10.4. The van der Waals surface area contributed by atoms with Gasteiger partial charge in [-0.1, -0.05) is 0 Å². The number of nitrogens with one attached hydrogen (secondary N) is 3. The van der Waals surface area contributed by atoms with Crippen LogP contribution in [0, 0.1) is 0 Å². The Bertz CT molecular complexity index is 655. The van der Waals surface area contributed by atoms with Crippen molar-refractivity contribution in [2.45, 2.75) is 24.3 Å². The number of hydrogen-bond donors (Lipinski definition) is 3. The van der Waals surface area contributed by atoms with Gasteiger partial charge in [0.1, 0.15) is 0 Å². The van der Waals surface area contributed by atoms with Crippen molar-refractivity contribution in [2.24, 2.45) is 0 Å². The molecule has 0 aliphatic heterocycles. The number of sulfonamides is 1. The van der Waals surface area contributed by atoms with E-state index in [4.69, 9.17) is 9.47 Å². The summed E-state index contributed by atoms with van der Waals surface area (Å²) < 4.78 is 37.1. The second kappa shape index (κ2) is 11.1. The lowest BCUT2D eigenvalue weighted by atomic mass is 10.3. The summed E-state index contributed by atoms with van der Waals surface area (Å²) in [7, 11) is 0.971. The molecule has 1 aromatic carbocycles. The monoisotopic (exact) mass is 395 g/mol. The summed E-state index contributed by atoms with van der Waals surface area (Å²) >= 11 is 0. The fourth-order valence-electron chi connectivity index (χ4n) is 1.82. The molecule has 0 bridgehead atoms. The lowest BCUT2D eigenvalue weighted by Gasteiger charge is -2.12. The highest BCUT2D eigenvalue weighted by molar-refractivity contribution is 7.89. The standard InChI is InChI=1S/C15H25N3O5S.ClH/c1-11(16-2)10-17-15(19)7-8-18-24(20,21)12-5-6-13(22-3)14(9-12)23-4;/h5-6,9,11,16,18H,7-8,10H2,1-4H3,(H,17,19);1H. The largest absolute Gasteiger partial charge is 0.493 e. The Morgan fingerprint density at radius 2 is 1.84 bits per heavy atom. The Balaban J connectivity index is 0.00000576. The maximum absolute atomic E-state index is 12.2. The summed E-state index contributed by atoms with van der Waals surface area (Å²) in [6.07, 6.45) is 0.0585. The molecule has 0 radical (unpaired) electrons. The Hall–Kier alpha value is -1.55. The molecule has 3 N–H and O–H groups in total. The zero-order chi connectivity index (χ0) is 18.2. The molecule has 1 rings (SSSR count). The number of hydrogen-bond acceptors (Lipinski definition) is 6. The maximum atomic E-state index is 12.2. The Morgan fingerprint density at radius 1 is 1.20 bits per heavy atom. The van der Waals surface area contributed by atoms with Crippen LogP contribution in [0.25, 0.3) is 0 Å². The predicted octanol–water partition coefficient (Wildman–Crippen LogP) is 0.518. The van der Waals surface area contributed by atoms with Crippen molar-refractivity contribution in [3.05, 3.63) is 18.2 Å². The molecule has 0 spiro atoms. The number of benzene rings is 1. The second-order valence-corrected chi connectivity index (χ2v) is 6.93. The molecule has 1 atom stereocenters. The van der Waals surface area contributed by atoms with E-state index in [1.807, 2.05) is 6.92 Å². The van der Waals surface area contributed by atoms with Gasteiger partial charge in [-0.15, -0.1) is 12.4 Å². The van der Waals surface area contributed by atoms with Crippen LogP contribution in [0.1, 0.15) is 13.3 Å². The van der Waals surface area contributed by atoms with E-state index in [2.05, 4.69) is 15.4 Å². The lowest BCUT2D eigenvalue weighted by molar-refractivity contribution is -0.121. The van der Waals surface area contributed by atoms with E-state index >= 15 is 0 Å². The highest BCUT2D eigenvalue weighted by Gasteiger charge is 2.17. The minimum absolute atomic E-state index is 0. The molecule has 8 nitrogen and oxygen atoms in total. The van der Waals surface area contributed by atoms with Crippen molar-refractivity contribution in [1.82, 2.24) is 15.4 Å². The molecule has 144 valence electrons. The molecule has 0 aliphatic carbocycles. The number of methoxy groups -OCH3 is 2. The fourth-order valence-corrected chi connectivity index (χ4v) is 2.87. The van der Waals surface area contributed by atoms with Crippen molar-refractivity contribution in [3.8, 4) is 11.5 Å². The van der Waals surface area contributed by atoms with Crippen LogP contribution < -0.4 is 24.8 Å². The number of halogens is 1. The van der Waals surface area contributed by atoms with Gasteiger partial charge in [0.05, 0.1) is 19.1 Å². The molecule has 10 heteroatoms. The molecule has 1 amide bonds. The molecular weight excluding hydrogens is 370 g/mol. The first-order chi connectivity index (χ1) is 11.3. The third-order valence-electron chi connectivity index (χ3n) is 3.41. The van der Waals surface area contributed by atoms with E-state index in [1.54, 1.807) is 7.05 Å². The third kappa shape index (κ3) is 7.47. The van der Waals surface area contributed by atoms with Crippen LogP contribution in [0.15, 0.2) is 23.1 Å². The zero-order valence-electron chi connectivity index (χ0n) is 14.8. The molecule has 0 heterocycles. The van der Waals surface area contributed by atoms with E-state index in [0.29, 0.717) is 18.0 Å². The van der Waals surface area contributed by atoms with Gasteiger partial charge in [0.25, 0.3) is 0 Å². The molecule has 0 aliphatic rings. The van der Waals surface area contributed by atoms with Crippen molar-refractivity contribution < 1.29 is 22.7 Å². The number of carbonyl (C=O) groups is 1. The summed E-state index contributed by atoms with van der Waals surface area (Å²) in [6, 6.07) is 4.45. The van der Waals surface area contributed by atoms with Gasteiger partial charge in [-0.3, -0.25) is 4.79 Å². The van der Waals surface area contributed by atoms with E-state index in [9.17, 15) is 13.2 Å². The van der Waals surface area contributed by atoms with Crippen LogP contribution in [-0.4, -0.2) is 54.7 Å². The summed E-state index contributed by atoms with van der Waals surface area (Å²) in [4.78, 5) is 11.7. The van der Waals surface area contributed by atoms with Gasteiger partial charge < -0.3 is 20.1 Å². The Labute approximate surface area is 155 Å². The SMILES string of the molecule is CNC(C)CNC(=O)CCNS(=O)(=O)c1ccc(OC)c(OC)c1.Cl. The minimum Gasteiger partial charge on any atom is -0.493 e. The summed E-state index contributed by atoms with van der Waals surface area (Å²) in [5.74, 6) is 0.542. The van der Waals surface area contributed by atoms with Crippen LogP contribution in [0.3, 0.4) is 0 Å². The summed E-state index contributed by atoms with van der Waals surface area (Å²) in [5, 5.41) is 5.71. The van der Waals surface area contributed by atoms with Gasteiger partial charge in [0.15, 0.2) is 11.5 Å². The first kappa shape index (κ1) is 23.4. The molecule has 1 unspecified atom stereocenters. The Morgan fingerprint density at radius 3 is 2.40 bits per heavy atom. The summed E-state index contributed by atoms with van der Waals surface area (Å²) in [6.45, 7) is 2.42. The van der Waals surface area contributed by atoms with Crippen molar-refractivity contribution in [3.63, 3.8) is 0 Å². The highest BCUT2D eigenvalue weighted by atomic mass is 35.5. The normalized spacial score (nSPS) is 12.0. The predicted molar refractivity (Wildman–Crippen MR) is 98.1 cm³/mol. The van der Waals surface area contributed by atoms with Gasteiger partial charge >= 0.3 is 0 Å². The van der Waals surface area contributed by atoms with Gasteiger partial charge in [0, 0.05) is 31.6 Å². The quantitative estimate of drug-likeness (QED) is 0.533. The first-order valence-electron chi connectivity index (χ1n) is 7.49. The third-order valence-corrected chi connectivity index (χ3v) is 4.87. The molecule has 0 fully saturated rings. The van der Waals surface area contributed by atoms with Crippen LogP contribution in [-0.2, 0) is 14.8 Å². The number of likely N-dealkylation sites (N-methyl/N-ethyl adjacent to an activating group) is 1. The van der Waals surface area contributed by atoms with Crippen LogP contribution in [0.2, 0.25) is 0 Å². The molecule has 25 heavy (non-hydrogen) atoms. The number of carbonyl (C=O) groups excluding carboxylic acids is 1. The molecular formula is C15H26ClN3O5S. The van der Waals surface area contributed by atoms with Crippen molar-refractivity contribution >= 4 is 28.3 Å². The number of rotatable bonds is 10. The highest BCUT2D eigenvalue weighted by Crippen LogP contribution is 2.29. The second-order valence-electron chi connectivity index (χ2n) is 5.16. The average molecular weight is 396 g/mol.